The Bertz CT molecular complexity index is 376. The van der Waals surface area contributed by atoms with E-state index in [0.29, 0.717) is 24.3 Å². The predicted octanol–water partition coefficient (Wildman–Crippen LogP) is 1.81. The van der Waals surface area contributed by atoms with E-state index in [1.807, 2.05) is 12.1 Å². The summed E-state index contributed by atoms with van der Waals surface area (Å²) in [4.78, 5) is 2.48. The molecule has 0 aliphatic carbocycles. The lowest BCUT2D eigenvalue weighted by molar-refractivity contribution is 0.0253. The Morgan fingerprint density at radius 2 is 2.37 bits per heavy atom. The topological polar surface area (TPSA) is 48.6 Å². The Kier molecular flexibility index (Phi) is 4.66. The molecule has 19 heavy (non-hydrogen) atoms. The van der Waals surface area contributed by atoms with Crippen LogP contribution in [0.25, 0.3) is 0 Å². The number of furan rings is 1. The second-order valence-electron chi connectivity index (χ2n) is 5.90. The Labute approximate surface area is 115 Å². The van der Waals surface area contributed by atoms with Crippen molar-refractivity contribution in [2.45, 2.75) is 38.8 Å². The van der Waals surface area contributed by atoms with E-state index in [-0.39, 0.29) is 0 Å². The summed E-state index contributed by atoms with van der Waals surface area (Å²) in [6.45, 7) is 10.2. The minimum atomic E-state index is -0.939. The van der Waals surface area contributed by atoms with Crippen molar-refractivity contribution in [1.82, 2.24) is 10.2 Å². The molecule has 0 saturated carbocycles. The third-order valence-electron chi connectivity index (χ3n) is 4.20. The fourth-order valence-electron chi connectivity index (χ4n) is 2.82. The molecule has 3 unspecified atom stereocenters. The van der Waals surface area contributed by atoms with Gasteiger partial charge >= 0.3 is 0 Å². The molecule has 4 nitrogen and oxygen atoms in total. The van der Waals surface area contributed by atoms with Crippen molar-refractivity contribution in [3.05, 3.63) is 24.2 Å². The highest BCUT2D eigenvalue weighted by molar-refractivity contribution is 5.08. The van der Waals surface area contributed by atoms with Gasteiger partial charge in [-0.25, -0.2) is 0 Å². The lowest BCUT2D eigenvalue weighted by atomic mass is 9.92. The van der Waals surface area contributed by atoms with E-state index < -0.39 is 5.60 Å². The number of rotatable bonds is 5. The first-order valence-corrected chi connectivity index (χ1v) is 7.25. The minimum absolute atomic E-state index is 0.476. The van der Waals surface area contributed by atoms with Gasteiger partial charge in [0.2, 0.25) is 0 Å². The highest BCUT2D eigenvalue weighted by Crippen LogP contribution is 2.22. The largest absolute Gasteiger partial charge is 0.466 e. The zero-order valence-electron chi connectivity index (χ0n) is 12.2. The van der Waals surface area contributed by atoms with Crippen molar-refractivity contribution in [3.63, 3.8) is 0 Å². The number of hydrogen-bond donors (Lipinski definition) is 2. The van der Waals surface area contributed by atoms with Gasteiger partial charge < -0.3 is 19.7 Å². The second-order valence-corrected chi connectivity index (χ2v) is 5.90. The fourth-order valence-corrected chi connectivity index (χ4v) is 2.82. The van der Waals surface area contributed by atoms with Crippen LogP contribution in [0.1, 0.15) is 33.0 Å². The summed E-state index contributed by atoms with van der Waals surface area (Å²) in [5, 5.41) is 13.9. The van der Waals surface area contributed by atoms with Gasteiger partial charge in [-0.3, -0.25) is 0 Å². The van der Waals surface area contributed by atoms with Crippen molar-refractivity contribution in [2.75, 3.05) is 26.2 Å². The predicted molar refractivity (Wildman–Crippen MR) is 76.0 cm³/mol. The first kappa shape index (κ1) is 14.6. The zero-order chi connectivity index (χ0) is 13.9. The summed E-state index contributed by atoms with van der Waals surface area (Å²) in [5.41, 5.74) is -0.939. The minimum Gasteiger partial charge on any atom is -0.466 e. The van der Waals surface area contributed by atoms with Crippen molar-refractivity contribution < 1.29 is 9.52 Å². The van der Waals surface area contributed by atoms with Crippen LogP contribution in [0, 0.1) is 5.92 Å². The third kappa shape index (κ3) is 3.59. The molecule has 0 spiro atoms. The second kappa shape index (κ2) is 6.07. The molecular formula is C15H26N2O2. The molecule has 0 amide bonds. The van der Waals surface area contributed by atoms with Crippen LogP contribution >= 0.6 is 0 Å². The van der Waals surface area contributed by atoms with Gasteiger partial charge in [0.05, 0.1) is 6.26 Å². The first-order valence-electron chi connectivity index (χ1n) is 7.25. The molecule has 1 aliphatic heterocycles. The number of hydrogen-bond acceptors (Lipinski definition) is 4. The van der Waals surface area contributed by atoms with Gasteiger partial charge in [-0.05, 0) is 44.5 Å². The van der Waals surface area contributed by atoms with Crippen LogP contribution in [-0.2, 0) is 5.60 Å². The monoisotopic (exact) mass is 266 g/mol. The van der Waals surface area contributed by atoms with E-state index in [1.54, 1.807) is 13.2 Å². The molecule has 1 aromatic rings. The van der Waals surface area contributed by atoms with Gasteiger partial charge in [-0.1, -0.05) is 13.8 Å². The van der Waals surface area contributed by atoms with Crippen LogP contribution in [0.15, 0.2) is 22.8 Å². The maximum atomic E-state index is 10.4. The quantitative estimate of drug-likeness (QED) is 0.853. The summed E-state index contributed by atoms with van der Waals surface area (Å²) in [6, 6.07) is 4.11. The molecule has 2 rings (SSSR count). The Morgan fingerprint density at radius 3 is 2.95 bits per heavy atom. The van der Waals surface area contributed by atoms with Crippen LogP contribution in [0.4, 0.5) is 0 Å². The fraction of sp³-hybridized carbons (Fsp3) is 0.733. The summed E-state index contributed by atoms with van der Waals surface area (Å²) >= 11 is 0. The van der Waals surface area contributed by atoms with E-state index in [2.05, 4.69) is 24.1 Å². The number of piperidine rings is 1. The Morgan fingerprint density at radius 1 is 1.58 bits per heavy atom. The van der Waals surface area contributed by atoms with Gasteiger partial charge in [-0.15, -0.1) is 0 Å². The normalized spacial score (nSPS) is 28.2. The average molecular weight is 266 g/mol. The van der Waals surface area contributed by atoms with Crippen LogP contribution in [-0.4, -0.2) is 42.2 Å². The molecule has 1 aromatic heterocycles. The maximum Gasteiger partial charge on any atom is 0.136 e. The van der Waals surface area contributed by atoms with Gasteiger partial charge in [-0.2, -0.15) is 0 Å². The molecule has 108 valence electrons. The smallest absolute Gasteiger partial charge is 0.136 e. The number of likely N-dealkylation sites (tertiary alicyclic amines) is 1. The zero-order valence-corrected chi connectivity index (χ0v) is 12.2. The summed E-state index contributed by atoms with van der Waals surface area (Å²) in [7, 11) is 0. The van der Waals surface area contributed by atoms with E-state index in [0.717, 1.165) is 26.1 Å². The van der Waals surface area contributed by atoms with Gasteiger partial charge in [0.15, 0.2) is 0 Å². The summed E-state index contributed by atoms with van der Waals surface area (Å²) < 4.78 is 5.30. The molecule has 3 atom stereocenters. The average Bonchev–Trinajstić information content (AvgIpc) is 2.92. The summed E-state index contributed by atoms with van der Waals surface area (Å²) in [6.07, 6.45) is 2.75. The van der Waals surface area contributed by atoms with Crippen LogP contribution in [0.5, 0.6) is 0 Å². The number of nitrogens with one attached hydrogen (secondary N) is 1. The molecule has 1 aliphatic rings. The molecule has 4 heteroatoms. The van der Waals surface area contributed by atoms with E-state index >= 15 is 0 Å². The lowest BCUT2D eigenvalue weighted by Gasteiger charge is -2.38. The van der Waals surface area contributed by atoms with Crippen molar-refractivity contribution >= 4 is 0 Å². The van der Waals surface area contributed by atoms with Crippen LogP contribution in [0.3, 0.4) is 0 Å². The Balaban J connectivity index is 1.85. The number of aliphatic hydroxyl groups is 1. The van der Waals surface area contributed by atoms with Gasteiger partial charge in [0.25, 0.3) is 0 Å². The highest BCUT2D eigenvalue weighted by atomic mass is 16.4. The molecular weight excluding hydrogens is 240 g/mol. The van der Waals surface area contributed by atoms with E-state index in [1.165, 1.54) is 0 Å². The first-order chi connectivity index (χ1) is 9.03. The SMILES string of the molecule is CCN1CCC(NCC(C)(O)c2ccco2)C(C)C1. The van der Waals surface area contributed by atoms with Crippen molar-refractivity contribution in [1.29, 1.82) is 0 Å². The molecule has 2 heterocycles. The van der Waals surface area contributed by atoms with Crippen LogP contribution in [0.2, 0.25) is 0 Å². The molecule has 0 bridgehead atoms. The van der Waals surface area contributed by atoms with Crippen LogP contribution < -0.4 is 5.32 Å². The third-order valence-corrected chi connectivity index (χ3v) is 4.20. The maximum absolute atomic E-state index is 10.4. The highest BCUT2D eigenvalue weighted by Gasteiger charge is 2.30. The van der Waals surface area contributed by atoms with Gasteiger partial charge in [0.1, 0.15) is 11.4 Å². The van der Waals surface area contributed by atoms with E-state index in [9.17, 15) is 5.11 Å². The van der Waals surface area contributed by atoms with Gasteiger partial charge in [0, 0.05) is 19.1 Å². The summed E-state index contributed by atoms with van der Waals surface area (Å²) in [5.74, 6) is 1.24. The molecule has 1 fully saturated rings. The van der Waals surface area contributed by atoms with E-state index in [4.69, 9.17) is 4.42 Å². The molecule has 2 N–H and O–H groups in total. The van der Waals surface area contributed by atoms with Crippen molar-refractivity contribution in [3.8, 4) is 0 Å². The molecule has 0 aromatic carbocycles. The lowest BCUT2D eigenvalue weighted by Crippen LogP contribution is -2.51. The Hall–Kier alpha value is -0.840. The number of nitrogens with zero attached hydrogens (tertiary/aromatic N) is 1. The molecule has 0 radical (unpaired) electrons. The standard InChI is InChI=1S/C15H26N2O2/c1-4-17-8-7-13(12(2)10-17)16-11-15(3,18)14-6-5-9-19-14/h5-6,9,12-13,16,18H,4,7-8,10-11H2,1-3H3. The molecule has 1 saturated heterocycles. The van der Waals surface area contributed by atoms with Crippen molar-refractivity contribution in [2.24, 2.45) is 5.92 Å².